The molecule has 2 aromatic carbocycles. The van der Waals surface area contributed by atoms with Crippen molar-refractivity contribution >= 4 is 11.9 Å². The van der Waals surface area contributed by atoms with Crippen LogP contribution in [0.1, 0.15) is 97.6 Å². The number of hydrogen-bond donors (Lipinski definition) is 1. The fourth-order valence-electron chi connectivity index (χ4n) is 4.19. The van der Waals surface area contributed by atoms with Gasteiger partial charge in [0.2, 0.25) is 0 Å². The number of ether oxygens (including phenoxy) is 2. The van der Waals surface area contributed by atoms with Crippen LogP contribution in [-0.2, 0) is 19.1 Å². The molecule has 1 N–H and O–H groups in total. The third-order valence-corrected chi connectivity index (χ3v) is 6.08. The standard InChI is InChI=1S/C20H30O4.C11H16O/c1-7-17(16-11-9-8-10-12-16)15(3)23-19(22)14(2)13-18(21)24-20(4,5)6;1-3-11(9(2)12)10-7-5-4-6-8-10/h8-12,14-15,17H,7,13H2,1-6H3;4-9,11-12H,3H2,1-2H3/t14-,15+,17-;9-,11-/m11/s1. The quantitative estimate of drug-likeness (QED) is 0.356. The van der Waals surface area contributed by atoms with E-state index >= 15 is 0 Å². The summed E-state index contributed by atoms with van der Waals surface area (Å²) in [6.07, 6.45) is 1.40. The first-order valence-corrected chi connectivity index (χ1v) is 13.1. The lowest BCUT2D eigenvalue weighted by atomic mass is 9.91. The Kier molecular flexibility index (Phi) is 13.5. The molecular weight excluding hydrogens is 452 g/mol. The molecule has 0 aliphatic carbocycles. The van der Waals surface area contributed by atoms with Crippen molar-refractivity contribution in [2.75, 3.05) is 0 Å². The molecule has 0 aliphatic heterocycles. The lowest BCUT2D eigenvalue weighted by Gasteiger charge is -2.25. The van der Waals surface area contributed by atoms with Crippen molar-refractivity contribution in [2.45, 2.75) is 104 Å². The Morgan fingerprint density at radius 2 is 1.25 bits per heavy atom. The Balaban J connectivity index is 0.000000450. The SMILES string of the molecule is CC[C@@H](c1ccccc1)[C@@H](C)O.CC[C@@H](c1ccccc1)[C@H](C)OC(=O)[C@H](C)CC(=O)OC(C)(C)C. The van der Waals surface area contributed by atoms with Crippen LogP contribution in [-0.4, -0.2) is 34.9 Å². The summed E-state index contributed by atoms with van der Waals surface area (Å²) in [4.78, 5) is 24.1. The average Bonchev–Trinajstić information content (AvgIpc) is 2.80. The molecule has 0 aromatic heterocycles. The first-order chi connectivity index (χ1) is 16.9. The van der Waals surface area contributed by atoms with Gasteiger partial charge in [-0.3, -0.25) is 9.59 Å². The molecule has 0 amide bonds. The van der Waals surface area contributed by atoms with Crippen molar-refractivity contribution in [2.24, 2.45) is 5.92 Å². The summed E-state index contributed by atoms with van der Waals surface area (Å²) in [5, 5.41) is 9.47. The van der Waals surface area contributed by atoms with Gasteiger partial charge in [0, 0.05) is 11.8 Å². The van der Waals surface area contributed by atoms with E-state index in [1.54, 1.807) is 6.92 Å². The molecule has 0 radical (unpaired) electrons. The molecule has 0 heterocycles. The molecule has 0 bridgehead atoms. The minimum absolute atomic E-state index is 0.0327. The minimum atomic E-state index is -0.547. The Morgan fingerprint density at radius 1 is 0.806 bits per heavy atom. The molecule has 0 saturated carbocycles. The van der Waals surface area contributed by atoms with E-state index in [1.165, 1.54) is 5.56 Å². The molecule has 200 valence electrons. The fourth-order valence-corrected chi connectivity index (χ4v) is 4.19. The van der Waals surface area contributed by atoms with Gasteiger partial charge >= 0.3 is 11.9 Å². The second-order valence-corrected chi connectivity index (χ2v) is 10.4. The zero-order valence-corrected chi connectivity index (χ0v) is 23.4. The van der Waals surface area contributed by atoms with Gasteiger partial charge in [-0.1, -0.05) is 81.4 Å². The molecular formula is C31H46O5. The van der Waals surface area contributed by atoms with Crippen LogP contribution < -0.4 is 0 Å². The van der Waals surface area contributed by atoms with Gasteiger partial charge in [-0.15, -0.1) is 0 Å². The predicted molar refractivity (Wildman–Crippen MR) is 146 cm³/mol. The van der Waals surface area contributed by atoms with Crippen LogP contribution in [0.4, 0.5) is 0 Å². The topological polar surface area (TPSA) is 72.8 Å². The van der Waals surface area contributed by atoms with Crippen LogP contribution in [0.5, 0.6) is 0 Å². The highest BCUT2D eigenvalue weighted by molar-refractivity contribution is 5.80. The molecule has 0 fully saturated rings. The van der Waals surface area contributed by atoms with Crippen LogP contribution in [0, 0.1) is 5.92 Å². The summed E-state index contributed by atoms with van der Waals surface area (Å²) in [5.41, 5.74) is 1.84. The maximum absolute atomic E-state index is 12.3. The Hall–Kier alpha value is -2.66. The zero-order valence-electron chi connectivity index (χ0n) is 23.4. The van der Waals surface area contributed by atoms with Crippen molar-refractivity contribution in [1.82, 2.24) is 0 Å². The number of aliphatic hydroxyl groups is 1. The number of rotatable bonds is 10. The van der Waals surface area contributed by atoms with Gasteiger partial charge in [0.15, 0.2) is 0 Å². The summed E-state index contributed by atoms with van der Waals surface area (Å²) >= 11 is 0. The highest BCUT2D eigenvalue weighted by atomic mass is 16.6. The van der Waals surface area contributed by atoms with Gasteiger partial charge < -0.3 is 14.6 Å². The maximum Gasteiger partial charge on any atom is 0.309 e. The van der Waals surface area contributed by atoms with E-state index in [0.29, 0.717) is 0 Å². The zero-order chi connectivity index (χ0) is 27.3. The Morgan fingerprint density at radius 3 is 1.64 bits per heavy atom. The molecule has 0 aliphatic rings. The highest BCUT2D eigenvalue weighted by Gasteiger charge is 2.27. The number of hydrogen-bond acceptors (Lipinski definition) is 5. The Bertz CT molecular complexity index is 886. The van der Waals surface area contributed by atoms with Crippen LogP contribution >= 0.6 is 0 Å². The van der Waals surface area contributed by atoms with Crippen molar-refractivity contribution in [3.63, 3.8) is 0 Å². The van der Waals surface area contributed by atoms with Crippen LogP contribution in [0.15, 0.2) is 60.7 Å². The van der Waals surface area contributed by atoms with E-state index < -0.39 is 11.5 Å². The molecule has 2 rings (SSSR count). The van der Waals surface area contributed by atoms with Gasteiger partial charge in [0.25, 0.3) is 0 Å². The number of carbonyl (C=O) groups is 2. The second-order valence-electron chi connectivity index (χ2n) is 10.4. The summed E-state index contributed by atoms with van der Waals surface area (Å²) in [7, 11) is 0. The third-order valence-electron chi connectivity index (χ3n) is 6.08. The van der Waals surface area contributed by atoms with E-state index in [1.807, 2.05) is 83.1 Å². The van der Waals surface area contributed by atoms with Crippen molar-refractivity contribution in [1.29, 1.82) is 0 Å². The number of benzene rings is 2. The van der Waals surface area contributed by atoms with Crippen molar-refractivity contribution in [3.8, 4) is 0 Å². The van der Waals surface area contributed by atoms with E-state index in [2.05, 4.69) is 26.0 Å². The normalized spacial score (nSPS) is 15.4. The van der Waals surface area contributed by atoms with Crippen LogP contribution in [0.3, 0.4) is 0 Å². The molecule has 0 unspecified atom stereocenters. The number of esters is 2. The summed E-state index contributed by atoms with van der Waals surface area (Å²) in [5.74, 6) is -0.830. The van der Waals surface area contributed by atoms with Crippen LogP contribution in [0.25, 0.3) is 0 Å². The average molecular weight is 499 g/mol. The van der Waals surface area contributed by atoms with E-state index in [4.69, 9.17) is 9.47 Å². The second kappa shape index (κ2) is 15.5. The number of carbonyl (C=O) groups excluding carboxylic acids is 2. The van der Waals surface area contributed by atoms with Gasteiger partial charge in [-0.05, 0) is 58.6 Å². The van der Waals surface area contributed by atoms with E-state index in [0.717, 1.165) is 18.4 Å². The van der Waals surface area contributed by atoms with Gasteiger partial charge in [0.05, 0.1) is 18.4 Å². The summed E-state index contributed by atoms with van der Waals surface area (Å²) < 4.78 is 10.9. The summed E-state index contributed by atoms with van der Waals surface area (Å²) in [6, 6.07) is 20.2. The third kappa shape index (κ3) is 11.4. The predicted octanol–water partition coefficient (Wildman–Crippen LogP) is 7.04. The molecule has 36 heavy (non-hydrogen) atoms. The monoisotopic (exact) mass is 498 g/mol. The first-order valence-electron chi connectivity index (χ1n) is 13.1. The fraction of sp³-hybridized carbons (Fsp3) is 0.548. The van der Waals surface area contributed by atoms with Crippen molar-refractivity contribution in [3.05, 3.63) is 71.8 Å². The van der Waals surface area contributed by atoms with E-state index in [-0.39, 0.29) is 42.4 Å². The maximum atomic E-state index is 12.3. The number of aliphatic hydroxyl groups excluding tert-OH is 1. The van der Waals surface area contributed by atoms with Crippen LogP contribution in [0.2, 0.25) is 0 Å². The smallest absolute Gasteiger partial charge is 0.309 e. The van der Waals surface area contributed by atoms with E-state index in [9.17, 15) is 14.7 Å². The molecule has 5 nitrogen and oxygen atoms in total. The summed E-state index contributed by atoms with van der Waals surface area (Å²) in [6.45, 7) is 15.0. The molecule has 0 saturated heterocycles. The van der Waals surface area contributed by atoms with Gasteiger partial charge in [-0.25, -0.2) is 0 Å². The van der Waals surface area contributed by atoms with Crippen molar-refractivity contribution < 1.29 is 24.2 Å². The molecule has 5 atom stereocenters. The van der Waals surface area contributed by atoms with Gasteiger partial charge in [-0.2, -0.15) is 0 Å². The minimum Gasteiger partial charge on any atom is -0.462 e. The molecule has 5 heteroatoms. The highest BCUT2D eigenvalue weighted by Crippen LogP contribution is 2.26. The Labute approximate surface area is 218 Å². The molecule has 0 spiro atoms. The lowest BCUT2D eigenvalue weighted by molar-refractivity contribution is -0.163. The largest absolute Gasteiger partial charge is 0.462 e. The lowest BCUT2D eigenvalue weighted by Crippen LogP contribution is -2.29. The van der Waals surface area contributed by atoms with Gasteiger partial charge in [0.1, 0.15) is 11.7 Å². The molecule has 2 aromatic rings. The first kappa shape index (κ1) is 31.4.